The molecule has 1 aromatic carbocycles. The van der Waals surface area contributed by atoms with Gasteiger partial charge in [0.2, 0.25) is 10.0 Å². The van der Waals surface area contributed by atoms with Gasteiger partial charge in [-0.25, -0.2) is 8.42 Å². The highest BCUT2D eigenvalue weighted by Crippen LogP contribution is 2.35. The molecular weight excluding hydrogens is 332 g/mol. The van der Waals surface area contributed by atoms with Gasteiger partial charge in [0.1, 0.15) is 18.9 Å². The molecule has 0 amide bonds. The second-order valence-corrected chi connectivity index (χ2v) is 7.51. The molecule has 2 aliphatic rings. The molecule has 0 N–H and O–H groups in total. The standard InChI is InChI=1S/C16H14N2O5S/c19-10-13-5-11-8-18(9-12(11)7-17-13)24(20,21)14-1-2-15-16(6-14)23-4-3-22-15/h1-2,5-7,10H,3-4,8-9H2. The zero-order valence-electron chi connectivity index (χ0n) is 12.6. The van der Waals surface area contributed by atoms with E-state index in [0.717, 1.165) is 11.1 Å². The van der Waals surface area contributed by atoms with Crippen LogP contribution in [-0.4, -0.2) is 37.2 Å². The van der Waals surface area contributed by atoms with E-state index in [0.29, 0.717) is 36.7 Å². The van der Waals surface area contributed by atoms with Crippen molar-refractivity contribution in [2.45, 2.75) is 18.0 Å². The molecule has 0 aliphatic carbocycles. The van der Waals surface area contributed by atoms with Crippen LogP contribution in [0.4, 0.5) is 0 Å². The first-order valence-electron chi connectivity index (χ1n) is 7.41. The summed E-state index contributed by atoms with van der Waals surface area (Å²) in [5.41, 5.74) is 1.90. The summed E-state index contributed by atoms with van der Waals surface area (Å²) in [5.74, 6) is 0.980. The molecule has 2 aliphatic heterocycles. The maximum Gasteiger partial charge on any atom is 0.243 e. The predicted molar refractivity (Wildman–Crippen MR) is 83.5 cm³/mol. The van der Waals surface area contributed by atoms with Crippen molar-refractivity contribution < 1.29 is 22.7 Å². The van der Waals surface area contributed by atoms with Crippen LogP contribution in [0.5, 0.6) is 11.5 Å². The summed E-state index contributed by atoms with van der Waals surface area (Å²) in [4.78, 5) is 15.0. The van der Waals surface area contributed by atoms with Crippen LogP contribution in [-0.2, 0) is 23.1 Å². The number of pyridine rings is 1. The fourth-order valence-corrected chi connectivity index (χ4v) is 4.25. The Morgan fingerprint density at radius 2 is 1.79 bits per heavy atom. The number of hydrogen-bond acceptors (Lipinski definition) is 6. The largest absolute Gasteiger partial charge is 0.486 e. The Kier molecular flexibility index (Phi) is 3.50. The van der Waals surface area contributed by atoms with Crippen LogP contribution in [0.1, 0.15) is 21.6 Å². The minimum absolute atomic E-state index is 0.156. The number of hydrogen-bond donors (Lipinski definition) is 0. The summed E-state index contributed by atoms with van der Waals surface area (Å²) < 4.78 is 38.0. The van der Waals surface area contributed by atoms with Gasteiger partial charge >= 0.3 is 0 Å². The van der Waals surface area contributed by atoms with Gasteiger partial charge in [0, 0.05) is 25.4 Å². The molecule has 0 spiro atoms. The van der Waals surface area contributed by atoms with E-state index in [9.17, 15) is 13.2 Å². The molecule has 124 valence electrons. The van der Waals surface area contributed by atoms with E-state index in [-0.39, 0.29) is 18.0 Å². The summed E-state index contributed by atoms with van der Waals surface area (Å²) >= 11 is 0. The molecular formula is C16H14N2O5S. The molecule has 7 nitrogen and oxygen atoms in total. The van der Waals surface area contributed by atoms with Crippen LogP contribution in [0.15, 0.2) is 35.4 Å². The highest BCUT2D eigenvalue weighted by atomic mass is 32.2. The Morgan fingerprint density at radius 1 is 1.04 bits per heavy atom. The first-order valence-corrected chi connectivity index (χ1v) is 8.85. The van der Waals surface area contributed by atoms with Gasteiger partial charge in [-0.1, -0.05) is 0 Å². The Labute approximate surface area is 138 Å². The van der Waals surface area contributed by atoms with E-state index in [1.807, 2.05) is 0 Å². The van der Waals surface area contributed by atoms with Crippen molar-refractivity contribution in [2.75, 3.05) is 13.2 Å². The zero-order chi connectivity index (χ0) is 16.7. The van der Waals surface area contributed by atoms with Crippen molar-refractivity contribution in [3.8, 4) is 11.5 Å². The number of benzene rings is 1. The molecule has 0 bridgehead atoms. The summed E-state index contributed by atoms with van der Waals surface area (Å²) in [6, 6.07) is 6.24. The van der Waals surface area contributed by atoms with Gasteiger partial charge in [0.05, 0.1) is 4.90 Å². The van der Waals surface area contributed by atoms with Crippen LogP contribution in [0, 0.1) is 0 Å². The molecule has 0 fully saturated rings. The summed E-state index contributed by atoms with van der Waals surface area (Å²) in [7, 11) is -3.68. The lowest BCUT2D eigenvalue weighted by Gasteiger charge is -2.20. The quantitative estimate of drug-likeness (QED) is 0.780. The maximum atomic E-state index is 12.9. The molecule has 0 saturated heterocycles. The Morgan fingerprint density at radius 3 is 2.58 bits per heavy atom. The van der Waals surface area contributed by atoms with Crippen LogP contribution >= 0.6 is 0 Å². The summed E-state index contributed by atoms with van der Waals surface area (Å²) in [5, 5.41) is 0. The third-order valence-electron chi connectivity index (χ3n) is 4.07. The second kappa shape index (κ2) is 5.57. The number of rotatable bonds is 3. The average molecular weight is 346 g/mol. The van der Waals surface area contributed by atoms with Gasteiger partial charge in [-0.15, -0.1) is 0 Å². The van der Waals surface area contributed by atoms with Crippen LogP contribution in [0.2, 0.25) is 0 Å². The third kappa shape index (κ3) is 2.44. The first kappa shape index (κ1) is 15.1. The SMILES string of the molecule is O=Cc1cc2c(cn1)CN(S(=O)(=O)c1ccc3c(c1)OCCO3)C2. The number of fused-ring (bicyclic) bond motifs is 2. The molecule has 2 aromatic rings. The van der Waals surface area contributed by atoms with Gasteiger partial charge in [0.25, 0.3) is 0 Å². The molecule has 4 rings (SSSR count). The molecule has 24 heavy (non-hydrogen) atoms. The highest BCUT2D eigenvalue weighted by Gasteiger charge is 2.32. The third-order valence-corrected chi connectivity index (χ3v) is 5.86. The predicted octanol–water partition coefficient (Wildman–Crippen LogP) is 1.37. The lowest BCUT2D eigenvalue weighted by Crippen LogP contribution is -2.26. The van der Waals surface area contributed by atoms with E-state index < -0.39 is 10.0 Å². The zero-order valence-corrected chi connectivity index (χ0v) is 13.5. The normalized spacial score (nSPS) is 16.7. The molecule has 3 heterocycles. The molecule has 0 atom stereocenters. The van der Waals surface area contributed by atoms with Crippen molar-refractivity contribution in [1.82, 2.24) is 9.29 Å². The van der Waals surface area contributed by atoms with Crippen molar-refractivity contribution in [1.29, 1.82) is 0 Å². The topological polar surface area (TPSA) is 85.8 Å². The van der Waals surface area contributed by atoms with E-state index >= 15 is 0 Å². The fraction of sp³-hybridized carbons (Fsp3) is 0.250. The number of carbonyl (C=O) groups is 1. The van der Waals surface area contributed by atoms with Crippen molar-refractivity contribution in [3.63, 3.8) is 0 Å². The number of sulfonamides is 1. The lowest BCUT2D eigenvalue weighted by molar-refractivity contribution is 0.111. The van der Waals surface area contributed by atoms with Crippen molar-refractivity contribution in [2.24, 2.45) is 0 Å². The number of aromatic nitrogens is 1. The summed E-state index contributed by atoms with van der Waals surface area (Å²) in [6.07, 6.45) is 2.21. The number of nitrogens with zero attached hydrogens (tertiary/aromatic N) is 2. The Balaban J connectivity index is 1.65. The summed E-state index contributed by atoms with van der Waals surface area (Å²) in [6.45, 7) is 1.30. The smallest absolute Gasteiger partial charge is 0.243 e. The lowest BCUT2D eigenvalue weighted by atomic mass is 10.1. The molecule has 0 unspecified atom stereocenters. The number of carbonyl (C=O) groups excluding carboxylic acids is 1. The van der Waals surface area contributed by atoms with Crippen molar-refractivity contribution >= 4 is 16.3 Å². The van der Waals surface area contributed by atoms with Gasteiger partial charge in [-0.3, -0.25) is 9.78 Å². The molecule has 8 heteroatoms. The molecule has 0 saturated carbocycles. The molecule has 0 radical (unpaired) electrons. The minimum Gasteiger partial charge on any atom is -0.486 e. The monoisotopic (exact) mass is 346 g/mol. The second-order valence-electron chi connectivity index (χ2n) is 5.57. The van der Waals surface area contributed by atoms with Gasteiger partial charge in [-0.2, -0.15) is 4.31 Å². The Hall–Kier alpha value is -2.45. The van der Waals surface area contributed by atoms with Crippen LogP contribution in [0.25, 0.3) is 0 Å². The van der Waals surface area contributed by atoms with Gasteiger partial charge < -0.3 is 9.47 Å². The first-order chi connectivity index (χ1) is 11.6. The van der Waals surface area contributed by atoms with Crippen LogP contribution in [0.3, 0.4) is 0 Å². The van der Waals surface area contributed by atoms with E-state index in [2.05, 4.69) is 4.98 Å². The molecule has 1 aromatic heterocycles. The van der Waals surface area contributed by atoms with Crippen molar-refractivity contribution in [3.05, 3.63) is 47.3 Å². The average Bonchev–Trinajstić information content (AvgIpc) is 3.05. The number of aldehydes is 1. The van der Waals surface area contributed by atoms with E-state index in [1.165, 1.54) is 16.4 Å². The van der Waals surface area contributed by atoms with Crippen LogP contribution < -0.4 is 9.47 Å². The Bertz CT molecular complexity index is 926. The maximum absolute atomic E-state index is 12.9. The minimum atomic E-state index is -3.68. The fourth-order valence-electron chi connectivity index (χ4n) is 2.84. The van der Waals surface area contributed by atoms with E-state index in [1.54, 1.807) is 18.3 Å². The highest BCUT2D eigenvalue weighted by molar-refractivity contribution is 7.89. The number of ether oxygens (including phenoxy) is 2. The van der Waals surface area contributed by atoms with E-state index in [4.69, 9.17) is 9.47 Å². The van der Waals surface area contributed by atoms with Gasteiger partial charge in [0.15, 0.2) is 17.8 Å². The van der Waals surface area contributed by atoms with Gasteiger partial charge in [-0.05, 0) is 29.3 Å².